The highest BCUT2D eigenvalue weighted by molar-refractivity contribution is 6.33. The quantitative estimate of drug-likeness (QED) is 0.804. The van der Waals surface area contributed by atoms with Crippen LogP contribution in [0, 0.1) is 0 Å². The highest BCUT2D eigenvalue weighted by Gasteiger charge is 2.28. The Labute approximate surface area is 107 Å². The molecule has 94 valence electrons. The number of aliphatic hydroxyl groups excluding tert-OH is 1. The van der Waals surface area contributed by atoms with E-state index in [2.05, 4.69) is 24.1 Å². The van der Waals surface area contributed by atoms with Crippen LogP contribution in [0.15, 0.2) is 24.3 Å². The number of nitrogens with one attached hydrogen (secondary N) is 1. The maximum atomic E-state index is 9.90. The van der Waals surface area contributed by atoms with Gasteiger partial charge in [0.2, 0.25) is 0 Å². The van der Waals surface area contributed by atoms with E-state index in [0.717, 1.165) is 17.3 Å². The van der Waals surface area contributed by atoms with Gasteiger partial charge in [-0.25, -0.2) is 0 Å². The number of nitrogens with zero attached hydrogens (tertiary/aromatic N) is 1. The molecule has 1 aliphatic rings. The molecule has 3 nitrogen and oxygen atoms in total. The van der Waals surface area contributed by atoms with Gasteiger partial charge in [0, 0.05) is 25.2 Å². The van der Waals surface area contributed by atoms with Crippen molar-refractivity contribution in [3.8, 4) is 0 Å². The van der Waals surface area contributed by atoms with E-state index in [9.17, 15) is 5.11 Å². The first-order valence-electron chi connectivity index (χ1n) is 5.90. The molecule has 1 heterocycles. The minimum absolute atomic E-state index is 0.0311. The van der Waals surface area contributed by atoms with E-state index in [1.54, 1.807) is 0 Å². The molecule has 0 aromatic heterocycles. The van der Waals surface area contributed by atoms with E-state index >= 15 is 0 Å². The molecule has 1 aromatic carbocycles. The molecule has 1 fully saturated rings. The van der Waals surface area contributed by atoms with Crippen LogP contribution in [0.3, 0.4) is 0 Å². The lowest BCUT2D eigenvalue weighted by Crippen LogP contribution is -2.46. The lowest BCUT2D eigenvalue weighted by molar-refractivity contribution is 0.179. The SMILES string of the molecule is CC1(C)CN(c2ccccc2Cl)CC(O)CN1. The number of hydrogen-bond donors (Lipinski definition) is 2. The Bertz CT molecular complexity index is 395. The van der Waals surface area contributed by atoms with Crippen molar-refractivity contribution in [3.05, 3.63) is 29.3 Å². The molecule has 1 aliphatic heterocycles. The lowest BCUT2D eigenvalue weighted by Gasteiger charge is -2.31. The summed E-state index contributed by atoms with van der Waals surface area (Å²) in [6.45, 7) is 6.33. The van der Waals surface area contributed by atoms with E-state index < -0.39 is 0 Å². The Balaban J connectivity index is 2.27. The third kappa shape index (κ3) is 3.12. The topological polar surface area (TPSA) is 35.5 Å². The molecule has 0 saturated carbocycles. The summed E-state index contributed by atoms with van der Waals surface area (Å²) in [5.41, 5.74) is 0.960. The standard InChI is InChI=1S/C13H19ClN2O/c1-13(2)9-16(8-10(17)7-15-13)12-6-4-3-5-11(12)14/h3-6,10,15,17H,7-9H2,1-2H3. The van der Waals surface area contributed by atoms with Gasteiger partial charge in [-0.3, -0.25) is 0 Å². The van der Waals surface area contributed by atoms with Gasteiger partial charge in [-0.1, -0.05) is 23.7 Å². The highest BCUT2D eigenvalue weighted by atomic mass is 35.5. The second kappa shape index (κ2) is 4.84. The van der Waals surface area contributed by atoms with Crippen molar-refractivity contribution in [2.24, 2.45) is 0 Å². The Hall–Kier alpha value is -0.770. The molecule has 2 rings (SSSR count). The van der Waals surface area contributed by atoms with Crippen LogP contribution in [0.1, 0.15) is 13.8 Å². The number of halogens is 1. The van der Waals surface area contributed by atoms with E-state index in [4.69, 9.17) is 11.6 Å². The van der Waals surface area contributed by atoms with Crippen LogP contribution in [0.25, 0.3) is 0 Å². The van der Waals surface area contributed by atoms with Crippen LogP contribution in [0.2, 0.25) is 5.02 Å². The first kappa shape index (κ1) is 12.7. The third-order valence-corrected chi connectivity index (χ3v) is 3.35. The smallest absolute Gasteiger partial charge is 0.0839 e. The second-order valence-corrected chi connectivity index (χ2v) is 5.66. The molecule has 0 radical (unpaired) electrons. The maximum Gasteiger partial charge on any atom is 0.0839 e. The first-order valence-corrected chi connectivity index (χ1v) is 6.28. The Morgan fingerprint density at radius 1 is 1.41 bits per heavy atom. The van der Waals surface area contributed by atoms with Crippen LogP contribution in [0.5, 0.6) is 0 Å². The fourth-order valence-corrected chi connectivity index (χ4v) is 2.46. The van der Waals surface area contributed by atoms with E-state index in [-0.39, 0.29) is 11.6 Å². The molecule has 1 unspecified atom stereocenters. The van der Waals surface area contributed by atoms with Crippen LogP contribution >= 0.6 is 11.6 Å². The molecule has 17 heavy (non-hydrogen) atoms. The molecular formula is C13H19ClN2O. The summed E-state index contributed by atoms with van der Waals surface area (Å²) in [5.74, 6) is 0. The van der Waals surface area contributed by atoms with Crippen molar-refractivity contribution >= 4 is 17.3 Å². The molecule has 2 N–H and O–H groups in total. The Morgan fingerprint density at radius 2 is 2.12 bits per heavy atom. The summed E-state index contributed by atoms with van der Waals surface area (Å²) >= 11 is 6.21. The largest absolute Gasteiger partial charge is 0.390 e. The molecule has 1 saturated heterocycles. The van der Waals surface area contributed by atoms with Crippen molar-refractivity contribution in [1.29, 1.82) is 0 Å². The molecule has 0 aliphatic carbocycles. The first-order chi connectivity index (χ1) is 7.98. The maximum absolute atomic E-state index is 9.90. The summed E-state index contributed by atoms with van der Waals surface area (Å²) in [6.07, 6.45) is -0.368. The number of benzene rings is 1. The summed E-state index contributed by atoms with van der Waals surface area (Å²) in [7, 11) is 0. The number of para-hydroxylation sites is 1. The molecule has 1 atom stereocenters. The number of anilines is 1. The van der Waals surface area contributed by atoms with Crippen LogP contribution in [-0.4, -0.2) is 36.4 Å². The van der Waals surface area contributed by atoms with Crippen molar-refractivity contribution in [2.45, 2.75) is 25.5 Å². The number of rotatable bonds is 1. The fourth-order valence-electron chi connectivity index (χ4n) is 2.20. The van der Waals surface area contributed by atoms with E-state index in [1.807, 2.05) is 24.3 Å². The van der Waals surface area contributed by atoms with Crippen molar-refractivity contribution in [3.63, 3.8) is 0 Å². The summed E-state index contributed by atoms with van der Waals surface area (Å²) in [5, 5.41) is 14.0. The van der Waals surface area contributed by atoms with Gasteiger partial charge in [0.1, 0.15) is 0 Å². The highest BCUT2D eigenvalue weighted by Crippen LogP contribution is 2.27. The van der Waals surface area contributed by atoms with Crippen LogP contribution < -0.4 is 10.2 Å². The lowest BCUT2D eigenvalue weighted by atomic mass is 10.1. The average Bonchev–Trinajstić information content (AvgIpc) is 2.38. The molecular weight excluding hydrogens is 236 g/mol. The third-order valence-electron chi connectivity index (χ3n) is 3.03. The predicted octanol–water partition coefficient (Wildman–Crippen LogP) is 1.89. The minimum atomic E-state index is -0.368. The molecule has 0 spiro atoms. The van der Waals surface area contributed by atoms with Crippen LogP contribution in [-0.2, 0) is 0 Å². The second-order valence-electron chi connectivity index (χ2n) is 5.25. The zero-order valence-electron chi connectivity index (χ0n) is 10.3. The fraction of sp³-hybridized carbons (Fsp3) is 0.538. The van der Waals surface area contributed by atoms with Gasteiger partial charge in [0.25, 0.3) is 0 Å². The van der Waals surface area contributed by atoms with Crippen molar-refractivity contribution < 1.29 is 5.11 Å². The summed E-state index contributed by atoms with van der Waals surface area (Å²) in [6, 6.07) is 7.77. The molecule has 1 aromatic rings. The number of hydrogen-bond acceptors (Lipinski definition) is 3. The monoisotopic (exact) mass is 254 g/mol. The van der Waals surface area contributed by atoms with Gasteiger partial charge in [0.15, 0.2) is 0 Å². The normalized spacial score (nSPS) is 24.5. The van der Waals surface area contributed by atoms with Gasteiger partial charge in [-0.2, -0.15) is 0 Å². The molecule has 4 heteroatoms. The number of aliphatic hydroxyl groups is 1. The molecule has 0 bridgehead atoms. The minimum Gasteiger partial charge on any atom is -0.390 e. The van der Waals surface area contributed by atoms with Crippen LogP contribution in [0.4, 0.5) is 5.69 Å². The van der Waals surface area contributed by atoms with Gasteiger partial charge < -0.3 is 15.3 Å². The Morgan fingerprint density at radius 3 is 2.82 bits per heavy atom. The molecule has 0 amide bonds. The van der Waals surface area contributed by atoms with E-state index in [1.165, 1.54) is 0 Å². The summed E-state index contributed by atoms with van der Waals surface area (Å²) in [4.78, 5) is 2.15. The van der Waals surface area contributed by atoms with Crippen molar-refractivity contribution in [2.75, 3.05) is 24.5 Å². The number of β-amino-alcohol motifs (C(OH)–C–C–N with tert-alkyl or cyclic N) is 1. The zero-order chi connectivity index (χ0) is 12.5. The van der Waals surface area contributed by atoms with Gasteiger partial charge in [-0.05, 0) is 26.0 Å². The Kier molecular flexibility index (Phi) is 3.61. The average molecular weight is 255 g/mol. The van der Waals surface area contributed by atoms with Gasteiger partial charge >= 0.3 is 0 Å². The van der Waals surface area contributed by atoms with Gasteiger partial charge in [0.05, 0.1) is 16.8 Å². The van der Waals surface area contributed by atoms with Gasteiger partial charge in [-0.15, -0.1) is 0 Å². The predicted molar refractivity (Wildman–Crippen MR) is 71.8 cm³/mol. The van der Waals surface area contributed by atoms with E-state index in [0.29, 0.717) is 13.1 Å². The zero-order valence-corrected chi connectivity index (χ0v) is 11.0. The summed E-state index contributed by atoms with van der Waals surface area (Å²) < 4.78 is 0. The van der Waals surface area contributed by atoms with Crippen molar-refractivity contribution in [1.82, 2.24) is 5.32 Å².